The van der Waals surface area contributed by atoms with Gasteiger partial charge in [-0.05, 0) is 72.8 Å². The van der Waals surface area contributed by atoms with E-state index >= 15 is 0 Å². The summed E-state index contributed by atoms with van der Waals surface area (Å²) in [7, 11) is 0. The van der Waals surface area contributed by atoms with Crippen LogP contribution in [0.1, 0.15) is 0 Å². The van der Waals surface area contributed by atoms with Gasteiger partial charge in [0.15, 0.2) is 10.3 Å². The van der Waals surface area contributed by atoms with Crippen LogP contribution >= 0.6 is 23.5 Å². The molecule has 53 heavy (non-hydrogen) atoms. The van der Waals surface area contributed by atoms with E-state index in [0.29, 0.717) is 10.3 Å². The van der Waals surface area contributed by atoms with Crippen molar-refractivity contribution in [2.75, 3.05) is 11.5 Å². The number of hydrogen-bond donors (Lipinski definition) is 2. The molecule has 6 heterocycles. The van der Waals surface area contributed by atoms with Crippen LogP contribution < -0.4 is 10.2 Å². The monoisotopic (exact) mass is 840 g/mol. The van der Waals surface area contributed by atoms with E-state index in [1.54, 1.807) is 24.8 Å². The van der Waals surface area contributed by atoms with Crippen LogP contribution in [0.4, 0.5) is 0 Å². The van der Waals surface area contributed by atoms with Crippen molar-refractivity contribution in [1.82, 2.24) is 39.9 Å². The minimum atomic E-state index is -1.09. The molecule has 0 radical (unpaired) electrons. The zero-order chi connectivity index (χ0) is 36.4. The van der Waals surface area contributed by atoms with Crippen LogP contribution in [0.2, 0.25) is 0 Å². The van der Waals surface area contributed by atoms with Crippen molar-refractivity contribution in [2.24, 2.45) is 0 Å². The predicted octanol–water partition coefficient (Wildman–Crippen LogP) is 5.09. The Kier molecular flexibility index (Phi) is 16.6. The number of nitrogens with one attached hydrogen (secondary N) is 2. The second kappa shape index (κ2) is 21.8. The fraction of sp³-hybridized carbons (Fsp3) is 0.0526. The Bertz CT molecular complexity index is 1980. The molecule has 6 aromatic heterocycles. The van der Waals surface area contributed by atoms with E-state index < -0.39 is 11.9 Å². The van der Waals surface area contributed by atoms with Gasteiger partial charge in [0.05, 0.1) is 56.8 Å². The van der Waals surface area contributed by atoms with Crippen LogP contribution in [0.3, 0.4) is 0 Å². The van der Waals surface area contributed by atoms with Gasteiger partial charge in [-0.2, -0.15) is 0 Å². The number of fused-ring (bicyclic) bond motifs is 2. The topological polar surface area (TPSA) is 189 Å². The standard InChI is InChI=1S/2C10H8N2.2C9H8N2O2S.Cd/c2*1-3-7-11-9(5-1)10-6-2-4-8-12-10;2*12-8(13)5-14-9-10-6-3-1-2-4-7(6)11-9;/h2*1-8H;2*1-4H,5H2,(H,10,11)(H,12,13);/q;;;;+2/p-2. The third-order valence-corrected chi connectivity index (χ3v) is 8.27. The number of aliphatic carboxylic acids is 2. The molecular formula is C38H30CdN8O4S2. The largest absolute Gasteiger partial charge is 2.00 e. The molecule has 2 aromatic carbocycles. The molecule has 0 saturated heterocycles. The van der Waals surface area contributed by atoms with Crippen LogP contribution in [0.5, 0.6) is 0 Å². The number of pyridine rings is 4. The summed E-state index contributed by atoms with van der Waals surface area (Å²) < 4.78 is 0. The number of hydrogen-bond acceptors (Lipinski definition) is 12. The molecule has 0 spiro atoms. The maximum Gasteiger partial charge on any atom is 2.00 e. The van der Waals surface area contributed by atoms with Crippen LogP contribution in [-0.2, 0) is 36.9 Å². The zero-order valence-corrected chi connectivity index (χ0v) is 33.8. The van der Waals surface area contributed by atoms with E-state index in [9.17, 15) is 19.8 Å². The van der Waals surface area contributed by atoms with Gasteiger partial charge in [0.2, 0.25) is 0 Å². The summed E-state index contributed by atoms with van der Waals surface area (Å²) in [6.07, 6.45) is 7.07. The fourth-order valence-electron chi connectivity index (χ4n) is 4.31. The van der Waals surface area contributed by atoms with Crippen LogP contribution in [0.15, 0.2) is 156 Å². The Balaban J connectivity index is 0.000000157. The first-order chi connectivity index (χ1) is 25.4. The molecule has 0 aliphatic carbocycles. The summed E-state index contributed by atoms with van der Waals surface area (Å²) in [5, 5.41) is 21.6. The number of thioether (sulfide) groups is 2. The SMILES string of the molecule is O=C([O-])CSc1nc2ccccc2[nH]1.O=C([O-])CSc1nc2ccccc2[nH]1.[Cd+2].c1ccc(-c2ccccn2)nc1.c1ccc(-c2ccccn2)nc1. The second-order valence-electron chi connectivity index (χ2n) is 10.3. The average Bonchev–Trinajstić information content (AvgIpc) is 3.82. The van der Waals surface area contributed by atoms with E-state index in [4.69, 9.17) is 0 Å². The molecule has 0 fully saturated rings. The molecule has 260 valence electrons. The van der Waals surface area contributed by atoms with Crippen molar-refractivity contribution in [3.8, 4) is 22.8 Å². The molecule has 0 unspecified atom stereocenters. The first-order valence-corrected chi connectivity index (χ1v) is 17.6. The molecular weight excluding hydrogens is 809 g/mol. The normalized spacial score (nSPS) is 9.96. The molecule has 0 atom stereocenters. The first kappa shape index (κ1) is 40.3. The van der Waals surface area contributed by atoms with E-state index in [0.717, 1.165) is 68.4 Å². The Hall–Kier alpha value is -5.46. The number of carboxylic acids is 2. The van der Waals surface area contributed by atoms with Gasteiger partial charge in [0.1, 0.15) is 0 Å². The maximum absolute atomic E-state index is 10.2. The summed E-state index contributed by atoms with van der Waals surface area (Å²) in [5.74, 6) is -2.34. The zero-order valence-electron chi connectivity index (χ0n) is 28.1. The van der Waals surface area contributed by atoms with Crippen molar-refractivity contribution in [2.45, 2.75) is 10.3 Å². The Morgan fingerprint density at radius 2 is 0.774 bits per heavy atom. The van der Waals surface area contributed by atoms with E-state index in [1.807, 2.05) is 121 Å². The quantitative estimate of drug-likeness (QED) is 0.153. The maximum atomic E-state index is 10.2. The predicted molar refractivity (Wildman–Crippen MR) is 199 cm³/mol. The minimum absolute atomic E-state index is 0. The number of benzene rings is 2. The molecule has 0 amide bonds. The summed E-state index contributed by atoms with van der Waals surface area (Å²) in [6, 6.07) is 38.3. The third-order valence-electron chi connectivity index (χ3n) is 6.57. The number of H-pyrrole nitrogens is 2. The minimum Gasteiger partial charge on any atom is -0.549 e. The summed E-state index contributed by atoms with van der Waals surface area (Å²) in [4.78, 5) is 51.6. The Labute approximate surface area is 333 Å². The molecule has 0 saturated carbocycles. The van der Waals surface area contributed by atoms with E-state index in [-0.39, 0.29) is 38.8 Å². The summed E-state index contributed by atoms with van der Waals surface area (Å²) in [5.41, 5.74) is 7.16. The number of carbonyl (C=O) groups is 2. The molecule has 2 N–H and O–H groups in total. The average molecular weight is 839 g/mol. The smallest absolute Gasteiger partial charge is 0.549 e. The van der Waals surface area contributed by atoms with Crippen LogP contribution in [0, 0.1) is 0 Å². The molecule has 8 aromatic rings. The second-order valence-corrected chi connectivity index (χ2v) is 12.2. The molecule has 15 heteroatoms. The molecule has 8 rings (SSSR count). The molecule has 0 bridgehead atoms. The first-order valence-electron chi connectivity index (χ1n) is 15.6. The van der Waals surface area contributed by atoms with Crippen molar-refractivity contribution in [3.05, 3.63) is 146 Å². The Morgan fingerprint density at radius 3 is 1.04 bits per heavy atom. The van der Waals surface area contributed by atoms with Gasteiger partial charge < -0.3 is 29.8 Å². The van der Waals surface area contributed by atoms with Crippen molar-refractivity contribution in [3.63, 3.8) is 0 Å². The number of para-hydroxylation sites is 4. The van der Waals surface area contributed by atoms with Gasteiger partial charge in [-0.1, -0.05) is 72.1 Å². The van der Waals surface area contributed by atoms with Gasteiger partial charge in [0, 0.05) is 36.3 Å². The number of aromatic amines is 2. The molecule has 0 aliphatic rings. The number of carboxylic acid groups (broad SMARTS) is 2. The van der Waals surface area contributed by atoms with Gasteiger partial charge in [0.25, 0.3) is 0 Å². The van der Waals surface area contributed by atoms with Gasteiger partial charge in [-0.25, -0.2) is 9.97 Å². The van der Waals surface area contributed by atoms with Crippen molar-refractivity contribution >= 4 is 57.5 Å². The van der Waals surface area contributed by atoms with Crippen LogP contribution in [-0.4, -0.2) is 63.3 Å². The summed E-state index contributed by atoms with van der Waals surface area (Å²) in [6.45, 7) is 0. The number of imidazole rings is 2. The summed E-state index contributed by atoms with van der Waals surface area (Å²) >= 11 is 2.25. The number of rotatable bonds is 8. The van der Waals surface area contributed by atoms with Crippen molar-refractivity contribution in [1.29, 1.82) is 0 Å². The van der Waals surface area contributed by atoms with Gasteiger partial charge >= 0.3 is 27.3 Å². The molecule has 12 nitrogen and oxygen atoms in total. The van der Waals surface area contributed by atoms with E-state index in [2.05, 4.69) is 39.9 Å². The number of carbonyl (C=O) groups excluding carboxylic acids is 2. The fourth-order valence-corrected chi connectivity index (χ4v) is 5.51. The number of aromatic nitrogens is 8. The number of nitrogens with zero attached hydrogens (tertiary/aromatic N) is 6. The van der Waals surface area contributed by atoms with Gasteiger partial charge in [-0.3, -0.25) is 19.9 Å². The third kappa shape index (κ3) is 13.6. The van der Waals surface area contributed by atoms with Crippen molar-refractivity contribution < 1.29 is 47.1 Å². The Morgan fingerprint density at radius 1 is 0.472 bits per heavy atom. The van der Waals surface area contributed by atoms with E-state index in [1.165, 1.54) is 0 Å². The van der Waals surface area contributed by atoms with Crippen LogP contribution in [0.25, 0.3) is 44.8 Å². The van der Waals surface area contributed by atoms with Gasteiger partial charge in [-0.15, -0.1) is 0 Å². The molecule has 0 aliphatic heterocycles.